The number of rotatable bonds is 5. The van der Waals surface area contributed by atoms with Crippen molar-refractivity contribution in [1.29, 1.82) is 0 Å². The van der Waals surface area contributed by atoms with Gasteiger partial charge in [-0.15, -0.1) is 0 Å². The summed E-state index contributed by atoms with van der Waals surface area (Å²) in [7, 11) is 0. The maximum atomic E-state index is 11.7. The van der Waals surface area contributed by atoms with Crippen LogP contribution in [0.2, 0.25) is 5.02 Å². The number of nitrogens with zero attached hydrogens (tertiary/aromatic N) is 2. The highest BCUT2D eigenvalue weighted by Gasteiger charge is 2.11. The van der Waals surface area contributed by atoms with Crippen LogP contribution in [-0.2, 0) is 9.53 Å². The van der Waals surface area contributed by atoms with Crippen LogP contribution >= 0.6 is 11.6 Å². The lowest BCUT2D eigenvalue weighted by Gasteiger charge is -2.04. The highest BCUT2D eigenvalue weighted by atomic mass is 35.5. The summed E-state index contributed by atoms with van der Waals surface area (Å²) < 4.78 is 4.94. The molecule has 2 rings (SSSR count). The third-order valence-corrected chi connectivity index (χ3v) is 2.67. The van der Waals surface area contributed by atoms with Crippen molar-refractivity contribution in [3.8, 4) is 0 Å². The molecule has 0 saturated carbocycles. The molecule has 102 valence electrons. The molecule has 5 nitrogen and oxygen atoms in total. The molecule has 0 amide bonds. The summed E-state index contributed by atoms with van der Waals surface area (Å²) in [6, 6.07) is 7.02. The Morgan fingerprint density at radius 1 is 1.40 bits per heavy atom. The molecule has 6 heteroatoms. The lowest BCUT2D eigenvalue weighted by Crippen LogP contribution is -2.03. The quantitative estimate of drug-likeness (QED) is 0.522. The van der Waals surface area contributed by atoms with Crippen LogP contribution < -0.4 is 0 Å². The Hall–Kier alpha value is -2.40. The van der Waals surface area contributed by atoms with E-state index >= 15 is 0 Å². The van der Waals surface area contributed by atoms with Gasteiger partial charge in [-0.25, -0.2) is 9.78 Å². The van der Waals surface area contributed by atoms with Gasteiger partial charge in [-0.2, -0.15) is 5.10 Å². The van der Waals surface area contributed by atoms with E-state index in [1.54, 1.807) is 24.3 Å². The van der Waals surface area contributed by atoms with E-state index in [0.29, 0.717) is 16.4 Å². The summed E-state index contributed by atoms with van der Waals surface area (Å²) in [4.78, 5) is 15.8. The van der Waals surface area contributed by atoms with Crippen molar-refractivity contribution in [2.24, 2.45) is 0 Å². The zero-order valence-corrected chi connectivity index (χ0v) is 11.3. The van der Waals surface area contributed by atoms with Crippen LogP contribution in [0, 0.1) is 0 Å². The Bertz CT molecular complexity index is 618. The van der Waals surface area contributed by atoms with E-state index in [1.807, 2.05) is 0 Å². The molecule has 0 atom stereocenters. The second-order valence-corrected chi connectivity index (χ2v) is 4.24. The molecule has 0 fully saturated rings. The molecule has 1 heterocycles. The second-order valence-electron chi connectivity index (χ2n) is 3.81. The maximum absolute atomic E-state index is 11.7. The van der Waals surface area contributed by atoms with Crippen molar-refractivity contribution in [2.45, 2.75) is 0 Å². The average molecular weight is 290 g/mol. The number of hydrogen-bond donors (Lipinski definition) is 1. The molecule has 1 aromatic carbocycles. The van der Waals surface area contributed by atoms with Crippen molar-refractivity contribution >= 4 is 23.1 Å². The first kappa shape index (κ1) is 14.0. The number of halogens is 1. The molecule has 0 bridgehead atoms. The maximum Gasteiger partial charge on any atom is 0.331 e. The summed E-state index contributed by atoms with van der Waals surface area (Å²) in [5.74, 6) is -0.0810. The summed E-state index contributed by atoms with van der Waals surface area (Å²) in [5, 5.41) is 7.20. The molecule has 2 aromatic rings. The van der Waals surface area contributed by atoms with Crippen LogP contribution in [0.15, 0.2) is 49.3 Å². The van der Waals surface area contributed by atoms with Gasteiger partial charge in [0.1, 0.15) is 12.9 Å². The van der Waals surface area contributed by atoms with E-state index in [2.05, 4.69) is 21.8 Å². The second kappa shape index (κ2) is 6.68. The Balaban J connectivity index is 2.35. The number of carbonyl (C=O) groups excluding carboxylic acids is 1. The topological polar surface area (TPSA) is 67.9 Å². The fraction of sp³-hybridized carbons (Fsp3) is 0.0714. The van der Waals surface area contributed by atoms with E-state index in [9.17, 15) is 4.79 Å². The van der Waals surface area contributed by atoms with Crippen LogP contribution in [0.25, 0.3) is 5.57 Å². The number of H-pyrrole nitrogens is 1. The molecule has 0 aliphatic rings. The van der Waals surface area contributed by atoms with Gasteiger partial charge < -0.3 is 4.74 Å². The first-order valence-electron chi connectivity index (χ1n) is 5.82. The molecule has 1 aromatic heterocycles. The number of nitrogens with one attached hydrogen (secondary N) is 1. The van der Waals surface area contributed by atoms with Crippen LogP contribution in [0.5, 0.6) is 0 Å². The summed E-state index contributed by atoms with van der Waals surface area (Å²) in [5.41, 5.74) is 1.32. The number of carbonyl (C=O) groups is 1. The van der Waals surface area contributed by atoms with Gasteiger partial charge in [0, 0.05) is 16.7 Å². The lowest BCUT2D eigenvalue weighted by atomic mass is 10.1. The van der Waals surface area contributed by atoms with Crippen molar-refractivity contribution in [3.63, 3.8) is 0 Å². The zero-order chi connectivity index (χ0) is 14.4. The van der Waals surface area contributed by atoms with Gasteiger partial charge in [0.25, 0.3) is 0 Å². The summed E-state index contributed by atoms with van der Waals surface area (Å²) >= 11 is 5.86. The fourth-order valence-electron chi connectivity index (χ4n) is 1.55. The van der Waals surface area contributed by atoms with Gasteiger partial charge in [-0.3, -0.25) is 5.10 Å². The molecular formula is C14H12ClN3O2. The Labute approximate surface area is 120 Å². The fourth-order valence-corrected chi connectivity index (χ4v) is 1.67. The predicted octanol–water partition coefficient (Wildman–Crippen LogP) is 2.62. The number of ether oxygens (including phenoxy) is 1. The summed E-state index contributed by atoms with van der Waals surface area (Å²) in [6.45, 7) is 3.64. The number of aromatic nitrogens is 3. The highest BCUT2D eigenvalue weighted by molar-refractivity contribution is 6.30. The SMILES string of the molecule is C=CCOC(=O)C=C(c1ccc(Cl)cc1)c1nc[nH]n1. The smallest absolute Gasteiger partial charge is 0.331 e. The van der Waals surface area contributed by atoms with Crippen LogP contribution in [0.1, 0.15) is 11.4 Å². The number of aromatic amines is 1. The van der Waals surface area contributed by atoms with Crippen molar-refractivity contribution in [3.05, 3.63) is 65.7 Å². The molecule has 0 radical (unpaired) electrons. The standard InChI is InChI=1S/C14H12ClN3O2/c1-2-7-20-13(19)8-12(14-16-9-17-18-14)10-3-5-11(15)6-4-10/h2-6,8-9H,1,7H2,(H,16,17,18). The van der Waals surface area contributed by atoms with Gasteiger partial charge in [0.05, 0.1) is 0 Å². The van der Waals surface area contributed by atoms with Crippen LogP contribution in [0.3, 0.4) is 0 Å². The minimum atomic E-state index is -0.486. The first-order valence-corrected chi connectivity index (χ1v) is 6.20. The third-order valence-electron chi connectivity index (χ3n) is 2.42. The van der Waals surface area contributed by atoms with E-state index in [4.69, 9.17) is 16.3 Å². The Morgan fingerprint density at radius 3 is 2.75 bits per heavy atom. The van der Waals surface area contributed by atoms with E-state index < -0.39 is 5.97 Å². The molecule has 0 spiro atoms. The van der Waals surface area contributed by atoms with E-state index in [1.165, 1.54) is 18.5 Å². The van der Waals surface area contributed by atoms with Gasteiger partial charge >= 0.3 is 5.97 Å². The zero-order valence-electron chi connectivity index (χ0n) is 10.5. The van der Waals surface area contributed by atoms with Crippen molar-refractivity contribution < 1.29 is 9.53 Å². The lowest BCUT2D eigenvalue weighted by molar-refractivity contribution is -0.136. The van der Waals surface area contributed by atoms with E-state index in [0.717, 1.165) is 5.56 Å². The monoisotopic (exact) mass is 289 g/mol. The van der Waals surface area contributed by atoms with Crippen molar-refractivity contribution in [2.75, 3.05) is 6.61 Å². The molecular weight excluding hydrogens is 278 g/mol. The Kier molecular flexibility index (Phi) is 4.68. The predicted molar refractivity (Wildman–Crippen MR) is 76.1 cm³/mol. The number of benzene rings is 1. The van der Waals surface area contributed by atoms with Gasteiger partial charge in [0.15, 0.2) is 5.82 Å². The van der Waals surface area contributed by atoms with Gasteiger partial charge in [-0.1, -0.05) is 36.4 Å². The van der Waals surface area contributed by atoms with Gasteiger partial charge in [0.2, 0.25) is 0 Å². The minimum absolute atomic E-state index is 0.150. The molecule has 1 N–H and O–H groups in total. The minimum Gasteiger partial charge on any atom is -0.458 e. The molecule has 0 aliphatic heterocycles. The summed E-state index contributed by atoms with van der Waals surface area (Å²) in [6.07, 6.45) is 4.28. The normalized spacial score (nSPS) is 11.2. The van der Waals surface area contributed by atoms with E-state index in [-0.39, 0.29) is 6.61 Å². The third kappa shape index (κ3) is 3.55. The number of hydrogen-bond acceptors (Lipinski definition) is 4. The highest BCUT2D eigenvalue weighted by Crippen LogP contribution is 2.22. The molecule has 0 aliphatic carbocycles. The number of esters is 1. The molecule has 0 saturated heterocycles. The van der Waals surface area contributed by atoms with Crippen LogP contribution in [0.4, 0.5) is 0 Å². The van der Waals surface area contributed by atoms with Crippen molar-refractivity contribution in [1.82, 2.24) is 15.2 Å². The van der Waals surface area contributed by atoms with Gasteiger partial charge in [-0.05, 0) is 17.7 Å². The average Bonchev–Trinajstić information content (AvgIpc) is 2.97. The molecule has 20 heavy (non-hydrogen) atoms. The van der Waals surface area contributed by atoms with Crippen LogP contribution in [-0.4, -0.2) is 27.8 Å². The first-order chi connectivity index (χ1) is 9.70. The molecule has 0 unspecified atom stereocenters. The Morgan fingerprint density at radius 2 is 2.15 bits per heavy atom. The largest absolute Gasteiger partial charge is 0.458 e.